The van der Waals surface area contributed by atoms with E-state index in [1.807, 2.05) is 18.2 Å². The lowest BCUT2D eigenvalue weighted by Crippen LogP contribution is -2.14. The van der Waals surface area contributed by atoms with Crippen LogP contribution in [-0.2, 0) is 5.41 Å². The molecule has 0 unspecified atom stereocenters. The highest BCUT2D eigenvalue weighted by atomic mass is 15.1. The normalized spacial score (nSPS) is 14.4. The third kappa shape index (κ3) is 4.49. The van der Waals surface area contributed by atoms with Crippen LogP contribution >= 0.6 is 0 Å². The number of nitrogens with zero attached hydrogens (tertiary/aromatic N) is 1. The van der Waals surface area contributed by atoms with Gasteiger partial charge in [-0.1, -0.05) is 141 Å². The number of rotatable bonds is 5. The lowest BCUT2D eigenvalue weighted by Gasteiger charge is -2.26. The Hall–Kier alpha value is -5.40. The van der Waals surface area contributed by atoms with Crippen molar-refractivity contribution in [3.05, 3.63) is 174 Å². The third-order valence-electron chi connectivity index (χ3n) is 9.04. The predicted molar refractivity (Wildman–Crippen MR) is 189 cm³/mol. The van der Waals surface area contributed by atoms with Crippen molar-refractivity contribution < 1.29 is 2.74 Å². The molecule has 210 valence electrons. The molecular weight excluding hydrogens is 530 g/mol. The minimum Gasteiger partial charge on any atom is -0.310 e. The van der Waals surface area contributed by atoms with Crippen LogP contribution < -0.4 is 4.90 Å². The Morgan fingerprint density at radius 3 is 1.61 bits per heavy atom. The molecule has 1 heteroatoms. The zero-order valence-corrected chi connectivity index (χ0v) is 24.9. The molecule has 0 fully saturated rings. The smallest absolute Gasteiger partial charge is 0.0629 e. The first kappa shape index (κ1) is 24.1. The van der Waals surface area contributed by atoms with Gasteiger partial charge in [-0.2, -0.15) is 0 Å². The van der Waals surface area contributed by atoms with E-state index >= 15 is 0 Å². The van der Waals surface area contributed by atoms with Crippen molar-refractivity contribution in [2.75, 3.05) is 4.90 Å². The molecule has 0 radical (unpaired) electrons. The summed E-state index contributed by atoms with van der Waals surface area (Å²) in [7, 11) is 0. The van der Waals surface area contributed by atoms with Crippen LogP contribution in [0.5, 0.6) is 0 Å². The van der Waals surface area contributed by atoms with Crippen LogP contribution in [-0.4, -0.2) is 0 Å². The van der Waals surface area contributed by atoms with Gasteiger partial charge in [0.2, 0.25) is 0 Å². The SMILES string of the molecule is [2H]/C(=C(/[2H])c1ccc2c(c1)C(C)(C)c1ccccc1-2)c1ccc(N(c2ccc3ccccc3c2)c2ccc3ccccc3c2)cc1. The van der Waals surface area contributed by atoms with Crippen LogP contribution in [0.4, 0.5) is 17.1 Å². The van der Waals surface area contributed by atoms with Crippen LogP contribution in [0.2, 0.25) is 0 Å². The highest BCUT2D eigenvalue weighted by Crippen LogP contribution is 2.48. The maximum Gasteiger partial charge on any atom is 0.0629 e. The van der Waals surface area contributed by atoms with Crippen molar-refractivity contribution in [3.63, 3.8) is 0 Å². The molecule has 0 N–H and O–H groups in total. The van der Waals surface area contributed by atoms with E-state index in [1.165, 1.54) is 43.8 Å². The fraction of sp³-hybridized carbons (Fsp3) is 0.0698. The summed E-state index contributed by atoms with van der Waals surface area (Å²) in [4.78, 5) is 2.26. The van der Waals surface area contributed by atoms with E-state index in [-0.39, 0.29) is 17.5 Å². The molecule has 7 aromatic carbocycles. The molecule has 0 atom stereocenters. The molecule has 1 aliphatic rings. The monoisotopic (exact) mass is 565 g/mol. The van der Waals surface area contributed by atoms with Gasteiger partial charge in [0.25, 0.3) is 0 Å². The Kier molecular flexibility index (Phi) is 5.69. The van der Waals surface area contributed by atoms with Gasteiger partial charge >= 0.3 is 0 Å². The molecule has 0 spiro atoms. The average molecular weight is 566 g/mol. The Labute approximate surface area is 262 Å². The van der Waals surface area contributed by atoms with Crippen LogP contribution in [0.1, 0.15) is 38.8 Å². The minimum atomic E-state index is -0.152. The number of anilines is 3. The topological polar surface area (TPSA) is 3.24 Å². The predicted octanol–water partition coefficient (Wildman–Crippen LogP) is 11.9. The Balaban J connectivity index is 1.18. The lowest BCUT2D eigenvalue weighted by atomic mass is 9.82. The van der Waals surface area contributed by atoms with E-state index in [2.05, 4.69) is 152 Å². The van der Waals surface area contributed by atoms with E-state index < -0.39 is 0 Å². The summed E-state index contributed by atoms with van der Waals surface area (Å²) < 4.78 is 18.1. The van der Waals surface area contributed by atoms with E-state index in [9.17, 15) is 0 Å². The van der Waals surface area contributed by atoms with Crippen molar-refractivity contribution in [1.29, 1.82) is 0 Å². The second-order valence-electron chi connectivity index (χ2n) is 12.1. The molecule has 0 bridgehead atoms. The molecule has 44 heavy (non-hydrogen) atoms. The summed E-state index contributed by atoms with van der Waals surface area (Å²) in [5.41, 5.74) is 9.44. The minimum absolute atomic E-state index is 0.152. The molecule has 0 aliphatic heterocycles. The zero-order valence-electron chi connectivity index (χ0n) is 26.9. The van der Waals surface area contributed by atoms with Crippen molar-refractivity contribution in [2.24, 2.45) is 0 Å². The number of hydrogen-bond donors (Lipinski definition) is 0. The van der Waals surface area contributed by atoms with Gasteiger partial charge in [-0.25, -0.2) is 0 Å². The van der Waals surface area contributed by atoms with Gasteiger partial charge in [0.05, 0.1) is 2.74 Å². The van der Waals surface area contributed by atoms with Crippen molar-refractivity contribution in [1.82, 2.24) is 0 Å². The Bertz CT molecular complexity index is 2230. The highest BCUT2D eigenvalue weighted by Gasteiger charge is 2.34. The molecular formula is C43H33N. The molecule has 0 saturated carbocycles. The van der Waals surface area contributed by atoms with Crippen LogP contribution in [0.15, 0.2) is 152 Å². The maximum absolute atomic E-state index is 9.05. The lowest BCUT2D eigenvalue weighted by molar-refractivity contribution is 0.660. The molecule has 0 heterocycles. The summed E-state index contributed by atoms with van der Waals surface area (Å²) in [6, 6.07) is 53.2. The highest BCUT2D eigenvalue weighted by molar-refractivity contribution is 5.92. The first-order valence-electron chi connectivity index (χ1n) is 16.2. The van der Waals surface area contributed by atoms with Crippen LogP contribution in [0.3, 0.4) is 0 Å². The molecule has 0 amide bonds. The second kappa shape index (κ2) is 10.4. The first-order chi connectivity index (χ1) is 22.4. The summed E-state index contributed by atoms with van der Waals surface area (Å²) >= 11 is 0. The summed E-state index contributed by atoms with van der Waals surface area (Å²) in [5, 5.41) is 4.76. The molecule has 0 aromatic heterocycles. The van der Waals surface area contributed by atoms with Gasteiger partial charge in [-0.05, 0) is 91.3 Å². The van der Waals surface area contributed by atoms with E-state index in [1.54, 1.807) is 0 Å². The quantitative estimate of drug-likeness (QED) is 0.188. The fourth-order valence-corrected chi connectivity index (χ4v) is 6.70. The summed E-state index contributed by atoms with van der Waals surface area (Å²) in [6.45, 7) is 4.48. The number of fused-ring (bicyclic) bond motifs is 5. The molecule has 0 saturated heterocycles. The van der Waals surface area contributed by atoms with Gasteiger partial charge in [-0.15, -0.1) is 0 Å². The van der Waals surface area contributed by atoms with E-state index in [0.29, 0.717) is 5.56 Å². The standard InChI is InChI=1S/C43H33N/c1-43(2)41-14-8-7-13-39(41)40-26-19-31(27-42(40)43)16-15-30-17-22-36(23-18-30)44(37-24-20-32-9-3-5-11-34(32)28-37)38-25-21-33-10-4-6-12-35(33)29-38/h3-29H,1-2H3/b16-15+/i15D,16D. The number of hydrogen-bond acceptors (Lipinski definition) is 1. The van der Waals surface area contributed by atoms with Gasteiger partial charge in [0, 0.05) is 22.5 Å². The van der Waals surface area contributed by atoms with Gasteiger partial charge in [0.1, 0.15) is 0 Å². The van der Waals surface area contributed by atoms with E-state index in [4.69, 9.17) is 2.74 Å². The van der Waals surface area contributed by atoms with Gasteiger partial charge in [-0.3, -0.25) is 0 Å². The van der Waals surface area contributed by atoms with Crippen molar-refractivity contribution >= 4 is 50.7 Å². The third-order valence-corrected chi connectivity index (χ3v) is 9.04. The largest absolute Gasteiger partial charge is 0.310 e. The molecule has 7 aromatic rings. The van der Waals surface area contributed by atoms with Crippen LogP contribution in [0.25, 0.3) is 44.8 Å². The van der Waals surface area contributed by atoms with E-state index in [0.717, 1.165) is 22.6 Å². The average Bonchev–Trinajstić information content (AvgIpc) is 3.33. The summed E-state index contributed by atoms with van der Waals surface area (Å²) in [6.07, 6.45) is 0. The molecule has 1 aliphatic carbocycles. The Morgan fingerprint density at radius 2 is 0.955 bits per heavy atom. The van der Waals surface area contributed by atoms with Crippen molar-refractivity contribution in [3.8, 4) is 11.1 Å². The molecule has 1 nitrogen and oxygen atoms in total. The van der Waals surface area contributed by atoms with Crippen LogP contribution in [0, 0.1) is 0 Å². The zero-order chi connectivity index (χ0) is 31.4. The first-order valence-corrected chi connectivity index (χ1v) is 15.2. The molecule has 8 rings (SSSR count). The number of benzene rings is 7. The fourth-order valence-electron chi connectivity index (χ4n) is 6.70. The van der Waals surface area contributed by atoms with Gasteiger partial charge < -0.3 is 4.90 Å². The Morgan fingerprint density at radius 1 is 0.455 bits per heavy atom. The summed E-state index contributed by atoms with van der Waals surface area (Å²) in [5.74, 6) is 0. The van der Waals surface area contributed by atoms with Gasteiger partial charge in [0.15, 0.2) is 0 Å². The second-order valence-corrected chi connectivity index (χ2v) is 12.1. The van der Waals surface area contributed by atoms with Crippen molar-refractivity contribution in [2.45, 2.75) is 19.3 Å². The maximum atomic E-state index is 9.05.